The SMILES string of the molecule is CCOc1ccc([C@@H]2C(C(=O)OC(C)C)=C(C)N=c3s/c(=C/c4ccc(OCc5ccc(Cl)cc5)c(Br)c4)c(=O)n32)cc1. The largest absolute Gasteiger partial charge is 0.494 e. The summed E-state index contributed by atoms with van der Waals surface area (Å²) in [6, 6.07) is 19.8. The number of thiazole rings is 1. The lowest BCUT2D eigenvalue weighted by Crippen LogP contribution is -2.40. The Morgan fingerprint density at radius 3 is 2.47 bits per heavy atom. The van der Waals surface area contributed by atoms with Crippen LogP contribution in [0.3, 0.4) is 0 Å². The molecular weight excluding hydrogens is 652 g/mol. The third-order valence-electron chi connectivity index (χ3n) is 6.65. The van der Waals surface area contributed by atoms with E-state index in [-0.39, 0.29) is 11.7 Å². The molecule has 222 valence electrons. The number of rotatable bonds is 9. The van der Waals surface area contributed by atoms with Crippen LogP contribution >= 0.6 is 38.9 Å². The van der Waals surface area contributed by atoms with Crippen molar-refractivity contribution in [1.82, 2.24) is 4.57 Å². The monoisotopic (exact) mass is 680 g/mol. The van der Waals surface area contributed by atoms with Crippen molar-refractivity contribution in [3.8, 4) is 11.5 Å². The maximum Gasteiger partial charge on any atom is 0.338 e. The molecule has 43 heavy (non-hydrogen) atoms. The predicted molar refractivity (Wildman–Crippen MR) is 173 cm³/mol. The second-order valence-electron chi connectivity index (χ2n) is 10.1. The Kier molecular flexibility index (Phi) is 9.54. The number of carbonyl (C=O) groups is 1. The van der Waals surface area contributed by atoms with Gasteiger partial charge in [0.1, 0.15) is 18.1 Å². The average Bonchev–Trinajstić information content (AvgIpc) is 3.27. The lowest BCUT2D eigenvalue weighted by atomic mass is 9.96. The number of aromatic nitrogens is 1. The van der Waals surface area contributed by atoms with Crippen molar-refractivity contribution >= 4 is 50.9 Å². The highest BCUT2D eigenvalue weighted by Crippen LogP contribution is 2.32. The molecule has 3 aromatic carbocycles. The number of hydrogen-bond acceptors (Lipinski definition) is 7. The first-order chi connectivity index (χ1) is 20.6. The number of carbonyl (C=O) groups excluding carboxylic acids is 1. The minimum Gasteiger partial charge on any atom is -0.494 e. The van der Waals surface area contributed by atoms with Crippen molar-refractivity contribution < 1.29 is 19.0 Å². The molecule has 7 nitrogen and oxygen atoms in total. The molecular formula is C33H30BrClN2O5S. The average molecular weight is 682 g/mol. The number of fused-ring (bicyclic) bond motifs is 1. The lowest BCUT2D eigenvalue weighted by molar-refractivity contribution is -0.143. The fourth-order valence-electron chi connectivity index (χ4n) is 4.71. The molecule has 0 unspecified atom stereocenters. The molecule has 0 spiro atoms. The van der Waals surface area contributed by atoms with E-state index in [0.29, 0.717) is 50.3 Å². The third-order valence-corrected chi connectivity index (χ3v) is 8.51. The van der Waals surface area contributed by atoms with Gasteiger partial charge in [-0.05, 0) is 103 Å². The van der Waals surface area contributed by atoms with Crippen LogP contribution in [0.15, 0.2) is 92.3 Å². The molecule has 0 radical (unpaired) electrons. The second-order valence-corrected chi connectivity index (χ2v) is 12.4. The topological polar surface area (TPSA) is 79.1 Å². The van der Waals surface area contributed by atoms with E-state index in [4.69, 9.17) is 25.8 Å². The minimum absolute atomic E-state index is 0.246. The quantitative estimate of drug-likeness (QED) is 0.187. The smallest absolute Gasteiger partial charge is 0.338 e. The molecule has 1 aliphatic heterocycles. The number of benzene rings is 3. The minimum atomic E-state index is -0.698. The molecule has 4 aromatic rings. The third kappa shape index (κ3) is 6.95. The van der Waals surface area contributed by atoms with Gasteiger partial charge in [0.2, 0.25) is 0 Å². The Morgan fingerprint density at radius 1 is 1.09 bits per heavy atom. The highest BCUT2D eigenvalue weighted by Gasteiger charge is 2.33. The van der Waals surface area contributed by atoms with Gasteiger partial charge in [-0.2, -0.15) is 0 Å². The van der Waals surface area contributed by atoms with Crippen LogP contribution in [-0.2, 0) is 16.1 Å². The summed E-state index contributed by atoms with van der Waals surface area (Å²) in [6.07, 6.45) is 1.49. The van der Waals surface area contributed by atoms with E-state index in [1.54, 1.807) is 25.3 Å². The van der Waals surface area contributed by atoms with Crippen molar-refractivity contribution in [2.75, 3.05) is 6.61 Å². The number of allylic oxidation sites excluding steroid dienone is 1. The molecule has 0 amide bonds. The molecule has 5 rings (SSSR count). The predicted octanol–water partition coefficient (Wildman–Crippen LogP) is 6.58. The molecule has 0 fully saturated rings. The molecule has 0 bridgehead atoms. The Bertz CT molecular complexity index is 1860. The van der Waals surface area contributed by atoms with E-state index in [2.05, 4.69) is 20.9 Å². The summed E-state index contributed by atoms with van der Waals surface area (Å²) in [5.41, 5.74) is 3.17. The summed E-state index contributed by atoms with van der Waals surface area (Å²) in [7, 11) is 0. The molecule has 0 saturated carbocycles. The van der Waals surface area contributed by atoms with E-state index in [1.807, 2.05) is 79.7 Å². The molecule has 0 aliphatic carbocycles. The molecule has 0 N–H and O–H groups in total. The van der Waals surface area contributed by atoms with E-state index in [9.17, 15) is 9.59 Å². The summed E-state index contributed by atoms with van der Waals surface area (Å²) < 4.78 is 20.0. The highest BCUT2D eigenvalue weighted by atomic mass is 79.9. The zero-order chi connectivity index (χ0) is 30.7. The van der Waals surface area contributed by atoms with Crippen LogP contribution in [0.25, 0.3) is 6.08 Å². The van der Waals surface area contributed by atoms with Gasteiger partial charge in [0.05, 0.1) is 39.0 Å². The fraction of sp³-hybridized carbons (Fsp3) is 0.242. The number of nitrogens with zero attached hydrogens (tertiary/aromatic N) is 2. The van der Waals surface area contributed by atoms with Crippen LogP contribution in [0.1, 0.15) is 50.4 Å². The molecule has 1 atom stereocenters. The Labute approximate surface area is 266 Å². The fourth-order valence-corrected chi connectivity index (χ4v) is 6.39. The summed E-state index contributed by atoms with van der Waals surface area (Å²) >= 11 is 10.8. The summed E-state index contributed by atoms with van der Waals surface area (Å²) in [6.45, 7) is 8.20. The maximum absolute atomic E-state index is 13.9. The van der Waals surface area contributed by atoms with Gasteiger partial charge in [-0.1, -0.05) is 53.3 Å². The number of esters is 1. The van der Waals surface area contributed by atoms with Gasteiger partial charge >= 0.3 is 5.97 Å². The summed E-state index contributed by atoms with van der Waals surface area (Å²) in [5.74, 6) is 0.882. The van der Waals surface area contributed by atoms with Gasteiger partial charge in [0.15, 0.2) is 4.80 Å². The van der Waals surface area contributed by atoms with Crippen molar-refractivity contribution in [2.24, 2.45) is 4.99 Å². The van der Waals surface area contributed by atoms with Gasteiger partial charge in [0, 0.05) is 5.02 Å². The normalized spacial score (nSPS) is 14.9. The molecule has 0 saturated heterocycles. The van der Waals surface area contributed by atoms with Crippen LogP contribution in [0.5, 0.6) is 11.5 Å². The van der Waals surface area contributed by atoms with Gasteiger partial charge in [-0.25, -0.2) is 9.79 Å². The molecule has 1 aromatic heterocycles. The van der Waals surface area contributed by atoms with E-state index in [1.165, 1.54) is 11.3 Å². The van der Waals surface area contributed by atoms with Gasteiger partial charge in [-0.3, -0.25) is 9.36 Å². The molecule has 1 aliphatic rings. The summed E-state index contributed by atoms with van der Waals surface area (Å²) in [5, 5.41) is 0.673. The highest BCUT2D eigenvalue weighted by molar-refractivity contribution is 9.10. The van der Waals surface area contributed by atoms with E-state index in [0.717, 1.165) is 21.2 Å². The van der Waals surface area contributed by atoms with Gasteiger partial charge < -0.3 is 14.2 Å². The van der Waals surface area contributed by atoms with Crippen molar-refractivity contribution in [1.29, 1.82) is 0 Å². The zero-order valence-electron chi connectivity index (χ0n) is 24.1. The Morgan fingerprint density at radius 2 is 1.81 bits per heavy atom. The van der Waals surface area contributed by atoms with E-state index < -0.39 is 12.0 Å². The first-order valence-electron chi connectivity index (χ1n) is 13.8. The zero-order valence-corrected chi connectivity index (χ0v) is 27.3. The van der Waals surface area contributed by atoms with Crippen molar-refractivity contribution in [3.05, 3.63) is 124 Å². The van der Waals surface area contributed by atoms with Gasteiger partial charge in [0.25, 0.3) is 5.56 Å². The number of hydrogen-bond donors (Lipinski definition) is 0. The second kappa shape index (κ2) is 13.3. The standard InChI is InChI=1S/C33H30BrClN2O5S/c1-5-40-25-13-9-23(10-14-25)30-29(32(39)42-19(2)3)20(4)36-33-37(30)31(38)28(43-33)17-22-8-15-27(26(34)16-22)41-18-21-6-11-24(35)12-7-21/h6-17,19,30H,5,18H2,1-4H3/b28-17+/t30-/m1/s1. The van der Waals surface area contributed by atoms with Crippen LogP contribution < -0.4 is 24.4 Å². The van der Waals surface area contributed by atoms with Gasteiger partial charge in [-0.15, -0.1) is 0 Å². The van der Waals surface area contributed by atoms with Crippen LogP contribution in [0.2, 0.25) is 5.02 Å². The first kappa shape index (κ1) is 30.8. The van der Waals surface area contributed by atoms with Crippen LogP contribution in [0, 0.1) is 0 Å². The number of ether oxygens (including phenoxy) is 3. The lowest BCUT2D eigenvalue weighted by Gasteiger charge is -2.25. The van der Waals surface area contributed by atoms with Crippen LogP contribution in [-0.4, -0.2) is 23.2 Å². The van der Waals surface area contributed by atoms with E-state index >= 15 is 0 Å². The summed E-state index contributed by atoms with van der Waals surface area (Å²) in [4.78, 5) is 32.4. The number of halogens is 2. The molecule has 10 heteroatoms. The molecule has 2 heterocycles. The Hall–Kier alpha value is -3.66. The van der Waals surface area contributed by atoms with Crippen molar-refractivity contribution in [3.63, 3.8) is 0 Å². The maximum atomic E-state index is 13.9. The van der Waals surface area contributed by atoms with Crippen molar-refractivity contribution in [2.45, 2.75) is 46.4 Å². The Balaban J connectivity index is 1.51. The van der Waals surface area contributed by atoms with Crippen LogP contribution in [0.4, 0.5) is 0 Å². The first-order valence-corrected chi connectivity index (χ1v) is 15.8.